The number of carbonyl (C=O) groups excluding carboxylic acids is 1. The Bertz CT molecular complexity index is 554. The molecule has 1 aromatic heterocycles. The van der Waals surface area contributed by atoms with Gasteiger partial charge in [-0.2, -0.15) is 0 Å². The lowest BCUT2D eigenvalue weighted by atomic mass is 9.95. The highest BCUT2D eigenvalue weighted by molar-refractivity contribution is 7.12. The van der Waals surface area contributed by atoms with Crippen LogP contribution in [0.25, 0.3) is 0 Å². The van der Waals surface area contributed by atoms with Crippen molar-refractivity contribution < 1.29 is 4.79 Å². The lowest BCUT2D eigenvalue weighted by molar-refractivity contribution is 0.203. The average Bonchev–Trinajstić information content (AvgIpc) is 2.92. The first-order valence-corrected chi connectivity index (χ1v) is 7.94. The molecule has 0 bridgehead atoms. The van der Waals surface area contributed by atoms with Crippen LogP contribution in [0, 0.1) is 11.3 Å². The van der Waals surface area contributed by atoms with E-state index < -0.39 is 0 Å². The molecule has 1 saturated carbocycles. The molecule has 0 spiro atoms. The number of hydrogen-bond acceptors (Lipinski definition) is 3. The van der Waals surface area contributed by atoms with E-state index in [1.165, 1.54) is 17.7 Å². The van der Waals surface area contributed by atoms with Gasteiger partial charge < -0.3 is 4.90 Å². The van der Waals surface area contributed by atoms with Gasteiger partial charge in [-0.3, -0.25) is 10.7 Å². The third-order valence-electron chi connectivity index (χ3n) is 3.87. The Balaban J connectivity index is 1.87. The smallest absolute Gasteiger partial charge is 0.309 e. The first kappa shape index (κ1) is 13.6. The standard InChI is InChI=1S/C15H21N3OS/c1-15(2,3)11-7-6-10(20-11)12-13(16)17-14(19)18(12)8-9-4-5-9/h6-7,9,12H,4-5,8H2,1-3H3,(H2,16,17,19). The minimum atomic E-state index is -0.204. The summed E-state index contributed by atoms with van der Waals surface area (Å²) in [5.41, 5.74) is 0.114. The number of rotatable bonds is 3. The van der Waals surface area contributed by atoms with Gasteiger partial charge in [-0.1, -0.05) is 20.8 Å². The average molecular weight is 291 g/mol. The molecule has 1 aliphatic heterocycles. The lowest BCUT2D eigenvalue weighted by Crippen LogP contribution is -2.31. The number of amidine groups is 1. The fraction of sp³-hybridized carbons (Fsp3) is 0.600. The molecule has 108 valence electrons. The Morgan fingerprint density at radius 1 is 1.40 bits per heavy atom. The molecule has 1 unspecified atom stereocenters. The van der Waals surface area contributed by atoms with Crippen molar-refractivity contribution in [1.29, 1.82) is 5.41 Å². The summed E-state index contributed by atoms with van der Waals surface area (Å²) in [6, 6.07) is 3.89. The zero-order chi connectivity index (χ0) is 14.5. The number of amides is 2. The topological polar surface area (TPSA) is 56.2 Å². The summed E-state index contributed by atoms with van der Waals surface area (Å²) in [6.45, 7) is 7.34. The van der Waals surface area contributed by atoms with Gasteiger partial charge in [-0.05, 0) is 36.3 Å². The Labute approximate surface area is 123 Å². The minimum absolute atomic E-state index is 0.113. The molecule has 2 heterocycles. The largest absolute Gasteiger partial charge is 0.323 e. The van der Waals surface area contributed by atoms with Crippen molar-refractivity contribution in [2.75, 3.05) is 6.54 Å². The highest BCUT2D eigenvalue weighted by Crippen LogP contribution is 2.39. The number of hydrogen-bond donors (Lipinski definition) is 2. The van der Waals surface area contributed by atoms with Crippen molar-refractivity contribution in [3.63, 3.8) is 0 Å². The Morgan fingerprint density at radius 3 is 2.65 bits per heavy atom. The van der Waals surface area contributed by atoms with Crippen LogP contribution in [0.1, 0.15) is 49.4 Å². The molecule has 3 rings (SSSR count). The van der Waals surface area contributed by atoms with E-state index in [0.29, 0.717) is 11.8 Å². The predicted molar refractivity (Wildman–Crippen MR) is 81.4 cm³/mol. The predicted octanol–water partition coefficient (Wildman–Crippen LogP) is 3.50. The van der Waals surface area contributed by atoms with E-state index in [2.05, 4.69) is 38.2 Å². The van der Waals surface area contributed by atoms with Crippen LogP contribution in [-0.4, -0.2) is 23.3 Å². The molecular weight excluding hydrogens is 270 g/mol. The summed E-state index contributed by atoms with van der Waals surface area (Å²) in [4.78, 5) is 16.2. The normalized spacial score (nSPS) is 23.4. The van der Waals surface area contributed by atoms with Crippen LogP contribution in [0.2, 0.25) is 0 Å². The van der Waals surface area contributed by atoms with Gasteiger partial charge in [-0.15, -0.1) is 11.3 Å². The van der Waals surface area contributed by atoms with Gasteiger partial charge in [0.15, 0.2) is 0 Å². The Hall–Kier alpha value is -1.36. The van der Waals surface area contributed by atoms with Crippen LogP contribution >= 0.6 is 11.3 Å². The van der Waals surface area contributed by atoms with E-state index in [4.69, 9.17) is 5.41 Å². The molecule has 2 amide bonds. The van der Waals surface area contributed by atoms with Crippen LogP contribution in [0.4, 0.5) is 4.79 Å². The monoisotopic (exact) mass is 291 g/mol. The number of nitrogens with zero attached hydrogens (tertiary/aromatic N) is 1. The quantitative estimate of drug-likeness (QED) is 0.880. The summed E-state index contributed by atoms with van der Waals surface area (Å²) in [6.07, 6.45) is 2.42. The third-order valence-corrected chi connectivity index (χ3v) is 5.44. The Morgan fingerprint density at radius 2 is 2.10 bits per heavy atom. The second kappa shape index (κ2) is 4.58. The van der Waals surface area contributed by atoms with Gasteiger partial charge in [0.1, 0.15) is 11.9 Å². The molecule has 1 saturated heterocycles. The number of thiophene rings is 1. The van der Waals surface area contributed by atoms with E-state index >= 15 is 0 Å². The van der Waals surface area contributed by atoms with E-state index in [-0.39, 0.29) is 17.5 Å². The molecule has 1 atom stereocenters. The zero-order valence-electron chi connectivity index (χ0n) is 12.2. The molecule has 20 heavy (non-hydrogen) atoms. The summed E-state index contributed by atoms with van der Waals surface area (Å²) >= 11 is 1.72. The molecule has 0 radical (unpaired) electrons. The van der Waals surface area contributed by atoms with E-state index in [9.17, 15) is 4.79 Å². The fourth-order valence-electron chi connectivity index (χ4n) is 2.49. The first-order chi connectivity index (χ1) is 9.36. The Kier molecular flexibility index (Phi) is 3.12. The van der Waals surface area contributed by atoms with Crippen molar-refractivity contribution >= 4 is 23.2 Å². The number of carbonyl (C=O) groups is 1. The van der Waals surface area contributed by atoms with Crippen molar-refractivity contribution in [3.8, 4) is 0 Å². The molecule has 2 N–H and O–H groups in total. The summed E-state index contributed by atoms with van der Waals surface area (Å²) in [5.74, 6) is 0.953. The molecule has 1 aliphatic carbocycles. The minimum Gasteiger partial charge on any atom is -0.309 e. The van der Waals surface area contributed by atoms with Gasteiger partial charge in [0.05, 0.1) is 0 Å². The fourth-order valence-corrected chi connectivity index (χ4v) is 3.68. The molecule has 2 fully saturated rings. The molecule has 5 heteroatoms. The highest BCUT2D eigenvalue weighted by Gasteiger charge is 2.40. The van der Waals surface area contributed by atoms with Gasteiger partial charge in [0, 0.05) is 16.3 Å². The van der Waals surface area contributed by atoms with Crippen molar-refractivity contribution in [1.82, 2.24) is 10.2 Å². The molecule has 1 aromatic rings. The van der Waals surface area contributed by atoms with E-state index in [1.54, 1.807) is 11.3 Å². The van der Waals surface area contributed by atoms with Crippen LogP contribution < -0.4 is 5.32 Å². The molecule has 4 nitrogen and oxygen atoms in total. The van der Waals surface area contributed by atoms with E-state index in [1.807, 2.05) is 4.90 Å². The maximum Gasteiger partial charge on any atom is 0.323 e. The van der Waals surface area contributed by atoms with Crippen molar-refractivity contribution in [2.45, 2.75) is 45.1 Å². The number of nitrogens with one attached hydrogen (secondary N) is 2. The molecule has 2 aliphatic rings. The maximum atomic E-state index is 12.0. The second-order valence-electron chi connectivity index (χ2n) is 6.79. The number of urea groups is 1. The summed E-state index contributed by atoms with van der Waals surface area (Å²) < 4.78 is 0. The maximum absolute atomic E-state index is 12.0. The van der Waals surface area contributed by atoms with E-state index in [0.717, 1.165) is 11.4 Å². The van der Waals surface area contributed by atoms with Crippen LogP contribution in [0.5, 0.6) is 0 Å². The van der Waals surface area contributed by atoms with Crippen LogP contribution in [-0.2, 0) is 5.41 Å². The lowest BCUT2D eigenvalue weighted by Gasteiger charge is -2.22. The summed E-state index contributed by atoms with van der Waals surface area (Å²) in [7, 11) is 0. The van der Waals surface area contributed by atoms with Crippen molar-refractivity contribution in [2.24, 2.45) is 5.92 Å². The first-order valence-electron chi connectivity index (χ1n) is 7.12. The molecular formula is C15H21N3OS. The van der Waals surface area contributed by atoms with Gasteiger partial charge in [-0.25, -0.2) is 4.79 Å². The van der Waals surface area contributed by atoms with Gasteiger partial charge in [0.2, 0.25) is 0 Å². The SMILES string of the molecule is CC(C)(C)c1ccc(C2C(=N)NC(=O)N2CC2CC2)s1. The molecule has 0 aromatic carbocycles. The highest BCUT2D eigenvalue weighted by atomic mass is 32.1. The van der Waals surface area contributed by atoms with Crippen LogP contribution in [0.3, 0.4) is 0 Å². The third kappa shape index (κ3) is 2.46. The zero-order valence-corrected chi connectivity index (χ0v) is 13.0. The van der Waals surface area contributed by atoms with Gasteiger partial charge in [0.25, 0.3) is 0 Å². The summed E-state index contributed by atoms with van der Waals surface area (Å²) in [5, 5.41) is 10.7. The van der Waals surface area contributed by atoms with Gasteiger partial charge >= 0.3 is 6.03 Å². The van der Waals surface area contributed by atoms with Crippen LogP contribution in [0.15, 0.2) is 12.1 Å². The second-order valence-corrected chi connectivity index (χ2v) is 7.91. The van der Waals surface area contributed by atoms with Crippen molar-refractivity contribution in [3.05, 3.63) is 21.9 Å².